The van der Waals surface area contributed by atoms with Crippen LogP contribution in [0.25, 0.3) is 11.2 Å². The Hall–Kier alpha value is -3.73. The maximum absolute atomic E-state index is 13.0. The summed E-state index contributed by atoms with van der Waals surface area (Å²) in [7, 11) is 0. The van der Waals surface area contributed by atoms with E-state index in [-0.39, 0.29) is 30.3 Å². The van der Waals surface area contributed by atoms with Gasteiger partial charge >= 0.3 is 12.1 Å². The molecule has 11 nitrogen and oxygen atoms in total. The van der Waals surface area contributed by atoms with Crippen molar-refractivity contribution in [2.24, 2.45) is 5.41 Å². The Balaban J connectivity index is 1.30. The van der Waals surface area contributed by atoms with Crippen LogP contribution in [-0.2, 0) is 32.0 Å². The van der Waals surface area contributed by atoms with Gasteiger partial charge in [-0.15, -0.1) is 0 Å². The third-order valence-corrected chi connectivity index (χ3v) is 8.83. The highest BCUT2D eigenvalue weighted by atomic mass is 16.6. The number of nitrogens with one attached hydrogen (secondary N) is 1. The van der Waals surface area contributed by atoms with E-state index in [0.717, 1.165) is 49.8 Å². The van der Waals surface area contributed by atoms with Gasteiger partial charge in [0, 0.05) is 32.0 Å². The maximum Gasteiger partial charge on any atom is 0.408 e. The number of carbonyl (C=O) groups is 2. The number of benzene rings is 1. The third kappa shape index (κ3) is 5.91. The molecular formula is C32H42N6O5. The Labute approximate surface area is 252 Å². The van der Waals surface area contributed by atoms with Gasteiger partial charge in [-0.3, -0.25) is 4.79 Å². The van der Waals surface area contributed by atoms with E-state index in [1.54, 1.807) is 0 Å². The second-order valence-corrected chi connectivity index (χ2v) is 13.1. The summed E-state index contributed by atoms with van der Waals surface area (Å²) in [5.41, 5.74) is 4.45. The number of amides is 1. The molecule has 1 unspecified atom stereocenters. The molecule has 1 aromatic carbocycles. The number of rotatable bonds is 5. The van der Waals surface area contributed by atoms with Crippen LogP contribution in [-0.4, -0.2) is 57.1 Å². The molecule has 0 bridgehead atoms. The molecule has 230 valence electrons. The predicted octanol–water partition coefficient (Wildman–Crippen LogP) is 5.31. The molecule has 3 aromatic rings. The predicted molar refractivity (Wildman–Crippen MR) is 161 cm³/mol. The highest BCUT2D eigenvalue weighted by molar-refractivity contribution is 5.76. The molecule has 0 radical (unpaired) electrons. The van der Waals surface area contributed by atoms with Crippen LogP contribution in [0.2, 0.25) is 0 Å². The summed E-state index contributed by atoms with van der Waals surface area (Å²) in [5, 5.41) is 8.00. The molecule has 11 heteroatoms. The van der Waals surface area contributed by atoms with E-state index in [9.17, 15) is 9.59 Å². The molecular weight excluding hydrogens is 548 g/mol. The number of anilines is 1. The minimum atomic E-state index is -0.581. The molecule has 2 aliphatic heterocycles. The summed E-state index contributed by atoms with van der Waals surface area (Å²) in [6.45, 7) is 11.1. The van der Waals surface area contributed by atoms with Crippen LogP contribution in [0.15, 0.2) is 24.3 Å². The van der Waals surface area contributed by atoms with Gasteiger partial charge < -0.3 is 24.4 Å². The second kappa shape index (κ2) is 11.4. The lowest BCUT2D eigenvalue weighted by atomic mass is 9.72. The smallest absolute Gasteiger partial charge is 0.408 e. The van der Waals surface area contributed by atoms with E-state index < -0.39 is 11.7 Å². The summed E-state index contributed by atoms with van der Waals surface area (Å²) in [6.07, 6.45) is 4.97. The molecule has 2 fully saturated rings. The van der Waals surface area contributed by atoms with Crippen LogP contribution in [0, 0.1) is 12.3 Å². The van der Waals surface area contributed by atoms with E-state index in [4.69, 9.17) is 29.3 Å². The van der Waals surface area contributed by atoms with Crippen LogP contribution in [0.3, 0.4) is 0 Å². The van der Waals surface area contributed by atoms with E-state index in [2.05, 4.69) is 28.4 Å². The first-order chi connectivity index (χ1) is 20.5. The van der Waals surface area contributed by atoms with Crippen LogP contribution in [0.4, 0.5) is 10.6 Å². The van der Waals surface area contributed by atoms with Crippen molar-refractivity contribution in [3.8, 4) is 0 Å². The maximum atomic E-state index is 13.0. The zero-order valence-electron chi connectivity index (χ0n) is 25.8. The number of hydrogen-bond donors (Lipinski definition) is 1. The number of carbonyl (C=O) groups excluding carboxylic acids is 2. The lowest BCUT2D eigenvalue weighted by Crippen LogP contribution is -2.48. The summed E-state index contributed by atoms with van der Waals surface area (Å²) in [6, 6.07) is 8.22. The first kappa shape index (κ1) is 29.3. The SMILES string of the molecule is CC(=O)OCc1nc2c(C)nn(C3CCCCO3)c2nc1N1CCC2(CC1)Cc1ccccc1[C@H]2NC(=O)OC(C)(C)C. The molecule has 2 aromatic heterocycles. The molecule has 2 saturated heterocycles. The van der Waals surface area contributed by atoms with Crippen LogP contribution >= 0.6 is 0 Å². The van der Waals surface area contributed by atoms with E-state index >= 15 is 0 Å². The number of fused-ring (bicyclic) bond motifs is 2. The Kier molecular flexibility index (Phi) is 7.78. The van der Waals surface area contributed by atoms with Gasteiger partial charge in [0.15, 0.2) is 17.7 Å². The lowest BCUT2D eigenvalue weighted by Gasteiger charge is -2.44. The molecule has 0 saturated carbocycles. The number of alkyl carbamates (subject to hydrolysis) is 1. The van der Waals surface area contributed by atoms with Gasteiger partial charge in [0.1, 0.15) is 23.4 Å². The fourth-order valence-electron chi connectivity index (χ4n) is 6.82. The van der Waals surface area contributed by atoms with E-state index in [1.807, 2.05) is 38.4 Å². The topological polar surface area (TPSA) is 121 Å². The molecule has 4 heterocycles. The normalized spacial score (nSPS) is 21.6. The molecule has 1 spiro atoms. The average Bonchev–Trinajstić information content (AvgIpc) is 3.45. The number of aromatic nitrogens is 4. The number of piperidine rings is 1. The standard InChI is InChI=1S/C32H42N6O5/c1-20-26-29(38(36-20)25-12-8-9-17-41-25)35-28(24(33-26)19-42-21(2)39)37-15-13-32(14-16-37)18-22-10-6-7-11-23(22)27(32)34-30(40)43-31(3,4)5/h6-7,10-11,25,27H,8-9,12-19H2,1-5H3,(H,34,40)/t25?,27-/m1/s1. The molecule has 1 aliphatic carbocycles. The fourth-order valence-corrected chi connectivity index (χ4v) is 6.82. The largest absolute Gasteiger partial charge is 0.459 e. The molecule has 3 aliphatic rings. The summed E-state index contributed by atoms with van der Waals surface area (Å²) < 4.78 is 19.0. The van der Waals surface area contributed by atoms with Gasteiger partial charge in [-0.2, -0.15) is 5.10 Å². The molecule has 1 N–H and O–H groups in total. The number of hydrogen-bond acceptors (Lipinski definition) is 9. The number of aryl methyl sites for hydroxylation is 1. The van der Waals surface area contributed by atoms with E-state index in [1.165, 1.54) is 12.5 Å². The van der Waals surface area contributed by atoms with Crippen molar-refractivity contribution >= 4 is 29.0 Å². The van der Waals surface area contributed by atoms with Crippen LogP contribution < -0.4 is 10.2 Å². The number of nitrogens with zero attached hydrogens (tertiary/aromatic N) is 5. The van der Waals surface area contributed by atoms with Gasteiger partial charge in [0.2, 0.25) is 0 Å². The number of ether oxygens (including phenoxy) is 3. The minimum absolute atomic E-state index is 0.0358. The Morgan fingerprint density at radius 1 is 1.14 bits per heavy atom. The van der Waals surface area contributed by atoms with Crippen molar-refractivity contribution in [3.63, 3.8) is 0 Å². The molecule has 1 amide bonds. The monoisotopic (exact) mass is 590 g/mol. The zero-order valence-corrected chi connectivity index (χ0v) is 25.8. The van der Waals surface area contributed by atoms with Gasteiger partial charge in [-0.1, -0.05) is 24.3 Å². The minimum Gasteiger partial charge on any atom is -0.459 e. The zero-order chi connectivity index (χ0) is 30.4. The van der Waals surface area contributed by atoms with Crippen LogP contribution in [0.1, 0.15) is 94.6 Å². The van der Waals surface area contributed by atoms with Crippen molar-refractivity contribution in [2.45, 2.75) is 97.6 Å². The van der Waals surface area contributed by atoms with Crippen LogP contribution in [0.5, 0.6) is 0 Å². The fraction of sp³-hybridized carbons (Fsp3) is 0.594. The van der Waals surface area contributed by atoms with Gasteiger partial charge in [0.05, 0.1) is 11.7 Å². The average molecular weight is 591 g/mol. The van der Waals surface area contributed by atoms with Gasteiger partial charge in [-0.25, -0.2) is 19.4 Å². The second-order valence-electron chi connectivity index (χ2n) is 13.1. The highest BCUT2D eigenvalue weighted by Gasteiger charge is 2.49. The molecule has 2 atom stereocenters. The van der Waals surface area contributed by atoms with Crippen molar-refractivity contribution < 1.29 is 23.8 Å². The summed E-state index contributed by atoms with van der Waals surface area (Å²) in [4.78, 5) is 37.1. The Morgan fingerprint density at radius 3 is 2.60 bits per heavy atom. The van der Waals surface area contributed by atoms with Crippen molar-refractivity contribution in [3.05, 3.63) is 46.8 Å². The Bertz CT molecular complexity index is 1510. The first-order valence-corrected chi connectivity index (χ1v) is 15.4. The van der Waals surface area contributed by atoms with Crippen molar-refractivity contribution in [2.75, 3.05) is 24.6 Å². The Morgan fingerprint density at radius 2 is 1.91 bits per heavy atom. The molecule has 6 rings (SSSR count). The van der Waals surface area contributed by atoms with Gasteiger partial charge in [-0.05, 0) is 77.3 Å². The first-order valence-electron chi connectivity index (χ1n) is 15.4. The van der Waals surface area contributed by atoms with Gasteiger partial charge in [0.25, 0.3) is 0 Å². The summed E-state index contributed by atoms with van der Waals surface area (Å²) >= 11 is 0. The van der Waals surface area contributed by atoms with Crippen molar-refractivity contribution in [1.82, 2.24) is 25.1 Å². The van der Waals surface area contributed by atoms with Crippen molar-refractivity contribution in [1.29, 1.82) is 0 Å². The highest BCUT2D eigenvalue weighted by Crippen LogP contribution is 2.52. The third-order valence-electron chi connectivity index (χ3n) is 8.83. The molecule has 43 heavy (non-hydrogen) atoms. The quantitative estimate of drug-likeness (QED) is 0.394. The lowest BCUT2D eigenvalue weighted by molar-refractivity contribution is -0.142. The van der Waals surface area contributed by atoms with E-state index in [0.29, 0.717) is 42.4 Å². The number of esters is 1. The summed E-state index contributed by atoms with van der Waals surface area (Å²) in [5.74, 6) is 0.334.